The Labute approximate surface area is 156 Å². The lowest BCUT2D eigenvalue weighted by Crippen LogP contribution is -2.52. The van der Waals surface area contributed by atoms with Gasteiger partial charge in [0, 0.05) is 6.54 Å². The van der Waals surface area contributed by atoms with Crippen LogP contribution in [0.2, 0.25) is 0 Å². The number of methoxy groups -OCH3 is 1. The Morgan fingerprint density at radius 1 is 1.23 bits per heavy atom. The van der Waals surface area contributed by atoms with Gasteiger partial charge in [0.25, 0.3) is 5.91 Å². The molecule has 0 spiro atoms. The zero-order valence-electron chi connectivity index (χ0n) is 16.2. The molecule has 0 aliphatic carbocycles. The first-order valence-electron chi connectivity index (χ1n) is 9.28. The van der Waals surface area contributed by atoms with E-state index >= 15 is 0 Å². The molecule has 1 aromatic rings. The molecule has 6 heteroatoms. The van der Waals surface area contributed by atoms with Gasteiger partial charge in [-0.05, 0) is 49.4 Å². The Kier molecular flexibility index (Phi) is 7.03. The van der Waals surface area contributed by atoms with E-state index in [0.717, 1.165) is 25.9 Å². The summed E-state index contributed by atoms with van der Waals surface area (Å²) in [6.07, 6.45) is 2.07. The number of benzene rings is 1. The van der Waals surface area contributed by atoms with Gasteiger partial charge < -0.3 is 20.7 Å². The summed E-state index contributed by atoms with van der Waals surface area (Å²) in [5.41, 5.74) is 0.536. The number of carbonyl (C=O) groups is 2. The van der Waals surface area contributed by atoms with Gasteiger partial charge in [-0.15, -0.1) is 0 Å². The Hall–Kier alpha value is -2.08. The highest BCUT2D eigenvalue weighted by Crippen LogP contribution is 2.26. The van der Waals surface area contributed by atoms with Crippen molar-refractivity contribution in [3.63, 3.8) is 0 Å². The van der Waals surface area contributed by atoms with Crippen LogP contribution in [0.3, 0.4) is 0 Å². The first-order valence-corrected chi connectivity index (χ1v) is 9.28. The van der Waals surface area contributed by atoms with Crippen molar-refractivity contribution >= 4 is 11.8 Å². The van der Waals surface area contributed by atoms with Crippen LogP contribution in [-0.2, 0) is 4.79 Å². The maximum absolute atomic E-state index is 12.7. The van der Waals surface area contributed by atoms with Crippen LogP contribution >= 0.6 is 0 Å². The lowest BCUT2D eigenvalue weighted by molar-refractivity contribution is -0.124. The Morgan fingerprint density at radius 3 is 2.50 bits per heavy atom. The fourth-order valence-corrected chi connectivity index (χ4v) is 3.20. The number of para-hydroxylation sites is 1. The number of piperidine rings is 1. The quantitative estimate of drug-likeness (QED) is 0.694. The van der Waals surface area contributed by atoms with E-state index in [0.29, 0.717) is 17.9 Å². The molecule has 1 saturated heterocycles. The highest BCUT2D eigenvalue weighted by molar-refractivity contribution is 5.99. The SMILES string of the molecule is COc1ccccc1C(=O)NC(C(=O)NCC1(C)CCNCC1)C(C)C. The van der Waals surface area contributed by atoms with Gasteiger partial charge in [0.05, 0.1) is 12.7 Å². The van der Waals surface area contributed by atoms with E-state index in [4.69, 9.17) is 4.74 Å². The number of hydrogen-bond acceptors (Lipinski definition) is 4. The molecular formula is C20H31N3O3. The number of rotatable bonds is 7. The Morgan fingerprint density at radius 2 is 1.88 bits per heavy atom. The summed E-state index contributed by atoms with van der Waals surface area (Å²) in [5, 5.41) is 9.25. The van der Waals surface area contributed by atoms with Crippen molar-refractivity contribution in [3.05, 3.63) is 29.8 Å². The minimum Gasteiger partial charge on any atom is -0.496 e. The van der Waals surface area contributed by atoms with Gasteiger partial charge in [0.1, 0.15) is 11.8 Å². The van der Waals surface area contributed by atoms with E-state index < -0.39 is 6.04 Å². The molecule has 0 aromatic heterocycles. The molecule has 1 aliphatic rings. The number of carbonyl (C=O) groups excluding carboxylic acids is 2. The molecular weight excluding hydrogens is 330 g/mol. The number of hydrogen-bond donors (Lipinski definition) is 3. The van der Waals surface area contributed by atoms with Crippen molar-refractivity contribution in [3.8, 4) is 5.75 Å². The van der Waals surface area contributed by atoms with E-state index in [1.807, 2.05) is 19.9 Å². The van der Waals surface area contributed by atoms with Gasteiger partial charge >= 0.3 is 0 Å². The van der Waals surface area contributed by atoms with Crippen molar-refractivity contribution in [2.75, 3.05) is 26.7 Å². The highest BCUT2D eigenvalue weighted by Gasteiger charge is 2.30. The number of ether oxygens (including phenoxy) is 1. The van der Waals surface area contributed by atoms with Crippen molar-refractivity contribution in [1.82, 2.24) is 16.0 Å². The zero-order valence-corrected chi connectivity index (χ0v) is 16.2. The summed E-state index contributed by atoms with van der Waals surface area (Å²) in [7, 11) is 1.53. The molecule has 3 N–H and O–H groups in total. The average Bonchev–Trinajstić information content (AvgIpc) is 2.64. The first-order chi connectivity index (χ1) is 12.4. The standard InChI is InChI=1S/C20H31N3O3/c1-14(2)17(19(25)22-13-20(3)9-11-21-12-10-20)23-18(24)15-7-5-6-8-16(15)26-4/h5-8,14,17,21H,9-13H2,1-4H3,(H,22,25)(H,23,24). The van der Waals surface area contributed by atoms with Crippen LogP contribution in [0.25, 0.3) is 0 Å². The molecule has 1 unspecified atom stereocenters. The molecule has 1 heterocycles. The van der Waals surface area contributed by atoms with E-state index in [1.165, 1.54) is 7.11 Å². The monoisotopic (exact) mass is 361 g/mol. The summed E-state index contributed by atoms with van der Waals surface area (Å²) in [6.45, 7) is 8.64. The maximum atomic E-state index is 12.7. The smallest absolute Gasteiger partial charge is 0.255 e. The molecule has 0 radical (unpaired) electrons. The summed E-state index contributed by atoms with van der Waals surface area (Å²) >= 11 is 0. The van der Waals surface area contributed by atoms with Crippen LogP contribution in [-0.4, -0.2) is 44.6 Å². The second-order valence-corrected chi connectivity index (χ2v) is 7.67. The van der Waals surface area contributed by atoms with E-state index in [9.17, 15) is 9.59 Å². The lowest BCUT2D eigenvalue weighted by Gasteiger charge is -2.35. The minimum absolute atomic E-state index is 0.0190. The molecule has 2 amide bonds. The van der Waals surface area contributed by atoms with Crippen LogP contribution in [0.1, 0.15) is 44.0 Å². The topological polar surface area (TPSA) is 79.5 Å². The second kappa shape index (κ2) is 9.03. The van der Waals surface area contributed by atoms with E-state index in [-0.39, 0.29) is 23.1 Å². The second-order valence-electron chi connectivity index (χ2n) is 7.67. The van der Waals surface area contributed by atoms with Gasteiger partial charge in [0.15, 0.2) is 0 Å². The van der Waals surface area contributed by atoms with Crippen molar-refractivity contribution in [2.45, 2.75) is 39.7 Å². The largest absolute Gasteiger partial charge is 0.496 e. The van der Waals surface area contributed by atoms with Crippen LogP contribution in [0.4, 0.5) is 0 Å². The van der Waals surface area contributed by atoms with Crippen LogP contribution in [0, 0.1) is 11.3 Å². The number of nitrogens with one attached hydrogen (secondary N) is 3. The fraction of sp³-hybridized carbons (Fsp3) is 0.600. The number of amides is 2. The summed E-state index contributed by atoms with van der Waals surface area (Å²) < 4.78 is 5.24. The lowest BCUT2D eigenvalue weighted by atomic mass is 9.81. The maximum Gasteiger partial charge on any atom is 0.255 e. The third-order valence-corrected chi connectivity index (χ3v) is 5.09. The molecule has 2 rings (SSSR count). The molecule has 1 fully saturated rings. The molecule has 1 aromatic carbocycles. The molecule has 144 valence electrons. The zero-order chi connectivity index (χ0) is 19.2. The molecule has 1 aliphatic heterocycles. The summed E-state index contributed by atoms with van der Waals surface area (Å²) in [5.74, 6) is 0.0389. The van der Waals surface area contributed by atoms with E-state index in [2.05, 4.69) is 22.9 Å². The molecule has 0 bridgehead atoms. The predicted octanol–water partition coefficient (Wildman–Crippen LogP) is 1.96. The molecule has 0 saturated carbocycles. The van der Waals surface area contributed by atoms with Crippen molar-refractivity contribution in [1.29, 1.82) is 0 Å². The molecule has 1 atom stereocenters. The van der Waals surface area contributed by atoms with Crippen molar-refractivity contribution in [2.24, 2.45) is 11.3 Å². The molecule has 26 heavy (non-hydrogen) atoms. The van der Waals surface area contributed by atoms with Gasteiger partial charge in [-0.1, -0.05) is 32.9 Å². The minimum atomic E-state index is -0.585. The van der Waals surface area contributed by atoms with Gasteiger partial charge in [0.2, 0.25) is 5.91 Å². The molecule has 6 nitrogen and oxygen atoms in total. The Balaban J connectivity index is 2.01. The van der Waals surface area contributed by atoms with Gasteiger partial charge in [-0.25, -0.2) is 0 Å². The van der Waals surface area contributed by atoms with Gasteiger partial charge in [-0.3, -0.25) is 9.59 Å². The van der Waals surface area contributed by atoms with Gasteiger partial charge in [-0.2, -0.15) is 0 Å². The Bertz CT molecular complexity index is 624. The summed E-state index contributed by atoms with van der Waals surface area (Å²) in [6, 6.07) is 6.43. The van der Waals surface area contributed by atoms with Crippen molar-refractivity contribution < 1.29 is 14.3 Å². The van der Waals surface area contributed by atoms with Crippen LogP contribution < -0.4 is 20.7 Å². The average molecular weight is 361 g/mol. The highest BCUT2D eigenvalue weighted by atomic mass is 16.5. The third kappa shape index (κ3) is 5.21. The predicted molar refractivity (Wildman–Crippen MR) is 102 cm³/mol. The fourth-order valence-electron chi connectivity index (χ4n) is 3.20. The normalized spacial score (nSPS) is 17.4. The summed E-state index contributed by atoms with van der Waals surface area (Å²) in [4.78, 5) is 25.4. The van der Waals surface area contributed by atoms with Crippen LogP contribution in [0.5, 0.6) is 5.75 Å². The van der Waals surface area contributed by atoms with E-state index in [1.54, 1.807) is 18.2 Å². The first kappa shape index (κ1) is 20.2. The third-order valence-electron chi connectivity index (χ3n) is 5.09. The van der Waals surface area contributed by atoms with Crippen LogP contribution in [0.15, 0.2) is 24.3 Å².